The quantitative estimate of drug-likeness (QED) is 0.784. The molecule has 0 unspecified atom stereocenters. The summed E-state index contributed by atoms with van der Waals surface area (Å²) in [4.78, 5) is 3.46. The van der Waals surface area contributed by atoms with Crippen molar-refractivity contribution in [2.45, 2.75) is 4.90 Å². The first-order valence-electron chi connectivity index (χ1n) is 5.54. The van der Waals surface area contributed by atoms with Crippen molar-refractivity contribution in [3.8, 4) is 0 Å². The second kappa shape index (κ2) is 6.04. The minimum Gasteiger partial charge on any atom is -0.388 e. The number of nitrogens with two attached hydrogens (primary N) is 1. The molecule has 5 nitrogen and oxygen atoms in total. The molecule has 2 rings (SSSR count). The molecule has 2 aromatic rings. The van der Waals surface area contributed by atoms with E-state index in [1.54, 1.807) is 0 Å². The Bertz CT molecular complexity index is 792. The van der Waals surface area contributed by atoms with Crippen molar-refractivity contribution in [1.82, 2.24) is 4.98 Å². The average Bonchev–Trinajstić information content (AvgIpc) is 2.43. The van der Waals surface area contributed by atoms with E-state index in [-0.39, 0.29) is 25.7 Å². The highest BCUT2D eigenvalue weighted by Gasteiger charge is 2.23. The van der Waals surface area contributed by atoms with E-state index < -0.39 is 15.8 Å². The number of hydrogen-bond donors (Lipinski definition) is 2. The monoisotopic (exact) mass is 389 g/mol. The molecule has 1 heterocycles. The molecule has 0 radical (unpaired) electrons. The van der Waals surface area contributed by atoms with Crippen LogP contribution in [0.5, 0.6) is 0 Å². The van der Waals surface area contributed by atoms with Gasteiger partial charge in [0.1, 0.15) is 21.4 Å². The van der Waals surface area contributed by atoms with Gasteiger partial charge in [-0.25, -0.2) is 12.8 Å². The predicted octanol–water partition coefficient (Wildman–Crippen LogP) is 2.42. The number of aromatic nitrogens is 1. The summed E-state index contributed by atoms with van der Waals surface area (Å²) in [5.74, 6) is -0.714. The van der Waals surface area contributed by atoms with Crippen LogP contribution in [-0.2, 0) is 10.0 Å². The van der Waals surface area contributed by atoms with E-state index >= 15 is 0 Å². The average molecular weight is 390 g/mol. The number of rotatable bonds is 4. The Labute approximate surface area is 134 Å². The van der Waals surface area contributed by atoms with E-state index in [9.17, 15) is 12.8 Å². The number of halogens is 2. The molecular weight excluding hydrogens is 381 g/mol. The summed E-state index contributed by atoms with van der Waals surface area (Å²) >= 11 is 7.86. The molecule has 0 saturated heterocycles. The maximum absolute atomic E-state index is 13.7. The maximum atomic E-state index is 13.7. The second-order valence-electron chi connectivity index (χ2n) is 3.92. The summed E-state index contributed by atoms with van der Waals surface area (Å²) in [6.45, 7) is 0. The highest BCUT2D eigenvalue weighted by molar-refractivity contribution is 9.10. The van der Waals surface area contributed by atoms with E-state index in [4.69, 9.17) is 18.0 Å². The Hall–Kier alpha value is -1.58. The summed E-state index contributed by atoms with van der Waals surface area (Å²) in [6, 6.07) is 6.81. The lowest BCUT2D eigenvalue weighted by atomic mass is 10.3. The number of para-hydroxylation sites is 1. The SMILES string of the molecule is NC(=S)c1ncccc1S(=O)(=O)Nc1c(F)cccc1Br. The number of anilines is 1. The van der Waals surface area contributed by atoms with Crippen LogP contribution in [0, 0.1) is 5.82 Å². The lowest BCUT2D eigenvalue weighted by molar-refractivity contribution is 0.598. The van der Waals surface area contributed by atoms with E-state index in [2.05, 4.69) is 25.6 Å². The smallest absolute Gasteiger partial charge is 0.264 e. The van der Waals surface area contributed by atoms with Crippen LogP contribution in [0.2, 0.25) is 0 Å². The molecule has 0 aliphatic carbocycles. The highest BCUT2D eigenvalue weighted by atomic mass is 79.9. The van der Waals surface area contributed by atoms with Crippen LogP contribution in [0.25, 0.3) is 0 Å². The Morgan fingerprint density at radius 1 is 1.33 bits per heavy atom. The van der Waals surface area contributed by atoms with Gasteiger partial charge in [0.05, 0.1) is 5.69 Å². The predicted molar refractivity (Wildman–Crippen MR) is 85.0 cm³/mol. The first-order chi connectivity index (χ1) is 9.83. The second-order valence-corrected chi connectivity index (χ2v) is 6.86. The molecule has 1 aromatic carbocycles. The van der Waals surface area contributed by atoms with Crippen LogP contribution < -0.4 is 10.5 Å². The number of hydrogen-bond acceptors (Lipinski definition) is 4. The molecule has 3 N–H and O–H groups in total. The van der Waals surface area contributed by atoms with Gasteiger partial charge < -0.3 is 5.73 Å². The summed E-state index contributed by atoms with van der Waals surface area (Å²) in [7, 11) is -4.08. The molecule has 0 atom stereocenters. The zero-order valence-electron chi connectivity index (χ0n) is 10.4. The fourth-order valence-corrected chi connectivity index (χ4v) is 3.64. The molecule has 0 fully saturated rings. The number of sulfonamides is 1. The number of nitrogens with one attached hydrogen (secondary N) is 1. The Balaban J connectivity index is 2.52. The molecule has 0 aliphatic heterocycles. The number of thiocarbonyl (C=S) groups is 1. The van der Waals surface area contributed by atoms with Crippen LogP contribution in [-0.4, -0.2) is 18.4 Å². The normalized spacial score (nSPS) is 11.1. The Kier molecular flexibility index (Phi) is 4.55. The lowest BCUT2D eigenvalue weighted by Gasteiger charge is -2.12. The van der Waals surface area contributed by atoms with E-state index in [1.807, 2.05) is 0 Å². The largest absolute Gasteiger partial charge is 0.388 e. The van der Waals surface area contributed by atoms with Crippen molar-refractivity contribution in [1.29, 1.82) is 0 Å². The zero-order chi connectivity index (χ0) is 15.6. The topological polar surface area (TPSA) is 85.1 Å². The van der Waals surface area contributed by atoms with Gasteiger partial charge in [0.2, 0.25) is 0 Å². The van der Waals surface area contributed by atoms with E-state index in [0.717, 1.165) is 6.07 Å². The van der Waals surface area contributed by atoms with Gasteiger partial charge in [-0.1, -0.05) is 18.3 Å². The number of benzene rings is 1. The van der Waals surface area contributed by atoms with Gasteiger partial charge in [-0.2, -0.15) is 0 Å². The van der Waals surface area contributed by atoms with E-state index in [0.29, 0.717) is 0 Å². The lowest BCUT2D eigenvalue weighted by Crippen LogP contribution is -2.21. The third-order valence-corrected chi connectivity index (χ3v) is 4.73. The zero-order valence-corrected chi connectivity index (χ0v) is 13.6. The molecule has 0 bridgehead atoms. The molecule has 9 heteroatoms. The molecule has 21 heavy (non-hydrogen) atoms. The molecule has 0 amide bonds. The molecule has 1 aromatic heterocycles. The van der Waals surface area contributed by atoms with Crippen LogP contribution in [0.4, 0.5) is 10.1 Å². The van der Waals surface area contributed by atoms with Gasteiger partial charge in [-0.3, -0.25) is 9.71 Å². The summed E-state index contributed by atoms with van der Waals surface area (Å²) < 4.78 is 40.9. The maximum Gasteiger partial charge on any atom is 0.264 e. The van der Waals surface area contributed by atoms with Crippen LogP contribution >= 0.6 is 28.1 Å². The standard InChI is InChI=1S/C12H9BrFN3O2S2/c13-7-3-1-4-8(14)10(7)17-21(18,19)9-5-2-6-16-11(9)12(15)20/h1-6,17H,(H2,15,20). The van der Waals surface area contributed by atoms with Gasteiger partial charge >= 0.3 is 0 Å². The minimum atomic E-state index is -4.08. The van der Waals surface area contributed by atoms with Crippen molar-refractivity contribution in [2.24, 2.45) is 5.73 Å². The fraction of sp³-hybridized carbons (Fsp3) is 0. The van der Waals surface area contributed by atoms with Crippen molar-refractivity contribution >= 4 is 48.8 Å². The number of pyridine rings is 1. The van der Waals surface area contributed by atoms with Crippen LogP contribution in [0.3, 0.4) is 0 Å². The van der Waals surface area contributed by atoms with Gasteiger partial charge in [0, 0.05) is 10.7 Å². The minimum absolute atomic E-state index is 0.0486. The summed E-state index contributed by atoms with van der Waals surface area (Å²) in [5.41, 5.74) is 5.21. The van der Waals surface area contributed by atoms with Crippen molar-refractivity contribution in [3.63, 3.8) is 0 Å². The third kappa shape index (κ3) is 3.36. The van der Waals surface area contributed by atoms with Gasteiger partial charge in [0.25, 0.3) is 10.0 Å². The van der Waals surface area contributed by atoms with Gasteiger partial charge in [0.15, 0.2) is 0 Å². The van der Waals surface area contributed by atoms with E-state index in [1.165, 1.54) is 30.5 Å². The van der Waals surface area contributed by atoms with Crippen molar-refractivity contribution in [3.05, 3.63) is 52.5 Å². The molecular formula is C12H9BrFN3O2S2. The fourth-order valence-electron chi connectivity index (χ4n) is 1.58. The summed E-state index contributed by atoms with van der Waals surface area (Å²) in [5, 5.41) is 0. The van der Waals surface area contributed by atoms with Crippen LogP contribution in [0.1, 0.15) is 5.69 Å². The Morgan fingerprint density at radius 3 is 2.67 bits per heavy atom. The van der Waals surface area contributed by atoms with Crippen LogP contribution in [0.15, 0.2) is 45.9 Å². The summed E-state index contributed by atoms with van der Waals surface area (Å²) in [6.07, 6.45) is 1.37. The molecule has 0 aliphatic rings. The van der Waals surface area contributed by atoms with Crippen molar-refractivity contribution < 1.29 is 12.8 Å². The van der Waals surface area contributed by atoms with Gasteiger partial charge in [-0.05, 0) is 40.2 Å². The highest BCUT2D eigenvalue weighted by Crippen LogP contribution is 2.28. The molecule has 0 saturated carbocycles. The first kappa shape index (κ1) is 15.8. The first-order valence-corrected chi connectivity index (χ1v) is 8.23. The van der Waals surface area contributed by atoms with Gasteiger partial charge in [-0.15, -0.1) is 0 Å². The van der Waals surface area contributed by atoms with Crippen molar-refractivity contribution in [2.75, 3.05) is 4.72 Å². The Morgan fingerprint density at radius 2 is 2.05 bits per heavy atom. The molecule has 0 spiro atoms. The molecule has 110 valence electrons. The number of nitrogens with zero attached hydrogens (tertiary/aromatic N) is 1. The third-order valence-electron chi connectivity index (χ3n) is 2.49.